The summed E-state index contributed by atoms with van der Waals surface area (Å²) in [4.78, 5) is 20.2. The van der Waals surface area contributed by atoms with Crippen LogP contribution in [0.1, 0.15) is 11.4 Å². The van der Waals surface area contributed by atoms with Crippen molar-refractivity contribution in [1.29, 1.82) is 5.26 Å². The normalized spacial score (nSPS) is 11.0. The molecular formula is C26H21N13. The number of pyridine rings is 2. The fourth-order valence-corrected chi connectivity index (χ4v) is 4.26. The number of benzene rings is 1. The molecule has 190 valence electrons. The van der Waals surface area contributed by atoms with Crippen molar-refractivity contribution in [2.24, 2.45) is 0 Å². The van der Waals surface area contributed by atoms with Gasteiger partial charge in [0.25, 0.3) is 0 Å². The quantitative estimate of drug-likeness (QED) is 0.346. The van der Waals surface area contributed by atoms with Crippen molar-refractivity contribution in [3.63, 3.8) is 0 Å². The minimum atomic E-state index is 0.124. The van der Waals surface area contributed by atoms with Gasteiger partial charge < -0.3 is 10.6 Å². The highest BCUT2D eigenvalue weighted by Gasteiger charge is 2.23. The molecule has 1 aromatic carbocycles. The van der Waals surface area contributed by atoms with Gasteiger partial charge in [-0.3, -0.25) is 4.98 Å². The second-order valence-electron chi connectivity index (χ2n) is 8.79. The van der Waals surface area contributed by atoms with Crippen LogP contribution in [0.5, 0.6) is 0 Å². The van der Waals surface area contributed by atoms with Gasteiger partial charge in [0.1, 0.15) is 18.1 Å². The summed E-state index contributed by atoms with van der Waals surface area (Å²) < 4.78 is 3.06. The van der Waals surface area contributed by atoms with E-state index in [9.17, 15) is 5.26 Å². The Hall–Kier alpha value is -5.77. The van der Waals surface area contributed by atoms with Gasteiger partial charge in [-0.25, -0.2) is 19.6 Å². The predicted molar refractivity (Wildman–Crippen MR) is 143 cm³/mol. The molecular weight excluding hydrogens is 494 g/mol. The number of anilines is 2. The predicted octanol–water partition coefficient (Wildman–Crippen LogP) is 2.47. The topological polar surface area (TPSA) is 166 Å². The molecule has 6 rings (SSSR count). The maximum Gasteiger partial charge on any atom is 0.223 e. The summed E-state index contributed by atoms with van der Waals surface area (Å²) in [5.74, 6) is 1.77. The van der Waals surface area contributed by atoms with E-state index >= 15 is 0 Å². The standard InChI is InChI=1S/C26H21N13/c1-37(2)21-13-16(10-12-30-21)22-23(18-8-4-3-7-17(18)14-27)32-26(28)39-25(22)31-20(34-39)15-38-24(33-35-36-38)19-9-5-6-11-29-19/h3-13H,15H2,1-2H3,(H2,28,32). The van der Waals surface area contributed by atoms with E-state index < -0.39 is 0 Å². The maximum absolute atomic E-state index is 9.82. The first-order valence-electron chi connectivity index (χ1n) is 11.9. The maximum atomic E-state index is 9.82. The van der Waals surface area contributed by atoms with E-state index in [1.54, 1.807) is 29.2 Å². The summed E-state index contributed by atoms with van der Waals surface area (Å²) in [5, 5.41) is 26.5. The van der Waals surface area contributed by atoms with Crippen LogP contribution in [0.25, 0.3) is 39.5 Å². The molecule has 13 nitrogen and oxygen atoms in total. The van der Waals surface area contributed by atoms with E-state index in [1.165, 1.54) is 4.52 Å². The Morgan fingerprint density at radius 3 is 2.64 bits per heavy atom. The number of nitrogen functional groups attached to an aromatic ring is 1. The molecule has 0 radical (unpaired) electrons. The molecule has 13 heteroatoms. The summed E-state index contributed by atoms with van der Waals surface area (Å²) in [6, 6.07) is 18.8. The Morgan fingerprint density at radius 1 is 1.00 bits per heavy atom. The smallest absolute Gasteiger partial charge is 0.223 e. The van der Waals surface area contributed by atoms with Crippen LogP contribution >= 0.6 is 0 Å². The Morgan fingerprint density at radius 2 is 1.85 bits per heavy atom. The van der Waals surface area contributed by atoms with Crippen molar-refractivity contribution in [1.82, 2.24) is 49.8 Å². The molecule has 5 aromatic heterocycles. The number of fused-ring (bicyclic) bond motifs is 1. The molecule has 0 spiro atoms. The lowest BCUT2D eigenvalue weighted by Crippen LogP contribution is -2.11. The third kappa shape index (κ3) is 4.25. The monoisotopic (exact) mass is 515 g/mol. The minimum absolute atomic E-state index is 0.124. The van der Waals surface area contributed by atoms with Crippen LogP contribution in [-0.2, 0) is 6.54 Å². The highest BCUT2D eigenvalue weighted by molar-refractivity contribution is 5.92. The van der Waals surface area contributed by atoms with Crippen LogP contribution in [0.15, 0.2) is 67.0 Å². The zero-order chi connectivity index (χ0) is 26.9. The van der Waals surface area contributed by atoms with Crippen molar-refractivity contribution in [3.05, 3.63) is 78.4 Å². The summed E-state index contributed by atoms with van der Waals surface area (Å²) in [7, 11) is 3.82. The van der Waals surface area contributed by atoms with Crippen molar-refractivity contribution in [2.45, 2.75) is 6.54 Å². The van der Waals surface area contributed by atoms with E-state index in [1.807, 2.05) is 61.5 Å². The Bertz CT molecular complexity index is 1850. The fraction of sp³-hybridized carbons (Fsp3) is 0.115. The SMILES string of the molecule is CN(C)c1cc(-c2c(-c3ccccc3C#N)nc(N)n3nc(Cn4nnnc4-c4ccccn4)nc23)ccn1. The average molecular weight is 516 g/mol. The number of nitriles is 1. The van der Waals surface area contributed by atoms with E-state index in [2.05, 4.69) is 36.7 Å². The van der Waals surface area contributed by atoms with Crippen molar-refractivity contribution in [3.8, 4) is 40.0 Å². The molecule has 0 aliphatic rings. The van der Waals surface area contributed by atoms with Gasteiger partial charge in [0.15, 0.2) is 11.5 Å². The lowest BCUT2D eigenvalue weighted by Gasteiger charge is -2.15. The van der Waals surface area contributed by atoms with E-state index in [4.69, 9.17) is 15.7 Å². The molecule has 39 heavy (non-hydrogen) atoms. The van der Waals surface area contributed by atoms with Crippen LogP contribution in [-0.4, -0.2) is 63.9 Å². The van der Waals surface area contributed by atoms with Crippen molar-refractivity contribution in [2.75, 3.05) is 24.7 Å². The number of hydrogen-bond donors (Lipinski definition) is 1. The number of nitrogens with two attached hydrogens (primary N) is 1. The van der Waals surface area contributed by atoms with Crippen LogP contribution in [0.3, 0.4) is 0 Å². The van der Waals surface area contributed by atoms with Crippen LogP contribution in [0.4, 0.5) is 11.8 Å². The summed E-state index contributed by atoms with van der Waals surface area (Å²) in [6.07, 6.45) is 3.39. The third-order valence-electron chi connectivity index (χ3n) is 6.07. The Balaban J connectivity index is 1.56. The summed E-state index contributed by atoms with van der Waals surface area (Å²) >= 11 is 0. The molecule has 0 aliphatic carbocycles. The van der Waals surface area contributed by atoms with Gasteiger partial charge in [-0.05, 0) is 46.3 Å². The van der Waals surface area contributed by atoms with Gasteiger partial charge in [-0.1, -0.05) is 24.3 Å². The van der Waals surface area contributed by atoms with E-state index in [0.717, 1.165) is 11.4 Å². The Labute approximate surface area is 222 Å². The average Bonchev–Trinajstić information content (AvgIpc) is 3.61. The molecule has 0 unspecified atom stereocenters. The fourth-order valence-electron chi connectivity index (χ4n) is 4.26. The molecule has 0 amide bonds. The minimum Gasteiger partial charge on any atom is -0.368 e. The number of hydrogen-bond acceptors (Lipinski definition) is 11. The first-order valence-corrected chi connectivity index (χ1v) is 11.9. The van der Waals surface area contributed by atoms with Gasteiger partial charge >= 0.3 is 0 Å². The van der Waals surface area contributed by atoms with Crippen molar-refractivity contribution < 1.29 is 0 Å². The highest BCUT2D eigenvalue weighted by atomic mass is 15.5. The van der Waals surface area contributed by atoms with Gasteiger partial charge in [0, 0.05) is 32.1 Å². The third-order valence-corrected chi connectivity index (χ3v) is 6.07. The van der Waals surface area contributed by atoms with Gasteiger partial charge in [0.05, 0.1) is 22.9 Å². The van der Waals surface area contributed by atoms with E-state index in [-0.39, 0.29) is 12.5 Å². The van der Waals surface area contributed by atoms with E-state index in [0.29, 0.717) is 45.4 Å². The zero-order valence-corrected chi connectivity index (χ0v) is 21.0. The van der Waals surface area contributed by atoms with Gasteiger partial charge in [-0.2, -0.15) is 9.78 Å². The molecule has 5 heterocycles. The molecule has 0 atom stereocenters. The van der Waals surface area contributed by atoms with Gasteiger partial charge in [0.2, 0.25) is 11.8 Å². The number of nitrogens with zero attached hydrogens (tertiary/aromatic N) is 12. The largest absolute Gasteiger partial charge is 0.368 e. The van der Waals surface area contributed by atoms with Crippen LogP contribution in [0.2, 0.25) is 0 Å². The molecule has 0 bridgehead atoms. The highest BCUT2D eigenvalue weighted by Crippen LogP contribution is 2.37. The van der Waals surface area contributed by atoms with Crippen molar-refractivity contribution >= 4 is 17.4 Å². The number of tetrazole rings is 1. The first kappa shape index (κ1) is 23.6. The molecule has 0 saturated heterocycles. The molecule has 0 fully saturated rings. The number of aromatic nitrogens is 10. The lowest BCUT2D eigenvalue weighted by molar-refractivity contribution is 0.627. The summed E-state index contributed by atoms with van der Waals surface area (Å²) in [6.45, 7) is 0.170. The molecule has 2 N–H and O–H groups in total. The molecule has 0 saturated carbocycles. The first-order chi connectivity index (χ1) is 19.0. The summed E-state index contributed by atoms with van der Waals surface area (Å²) in [5.41, 5.74) is 10.6. The van der Waals surface area contributed by atoms with Crippen LogP contribution in [0, 0.1) is 11.3 Å². The van der Waals surface area contributed by atoms with Gasteiger partial charge in [-0.15, -0.1) is 10.2 Å². The lowest BCUT2D eigenvalue weighted by atomic mass is 9.97. The second-order valence-corrected chi connectivity index (χ2v) is 8.79. The zero-order valence-electron chi connectivity index (χ0n) is 21.0. The Kier molecular flexibility index (Phi) is 5.81. The van der Waals surface area contributed by atoms with Crippen LogP contribution < -0.4 is 10.6 Å². The number of rotatable bonds is 6. The second kappa shape index (κ2) is 9.60. The molecule has 0 aliphatic heterocycles. The molecule has 6 aromatic rings.